The number of anilines is 1. The van der Waals surface area contributed by atoms with E-state index in [1.807, 2.05) is 11.0 Å². The first kappa shape index (κ1) is 19.3. The highest BCUT2D eigenvalue weighted by Gasteiger charge is 2.30. The molecule has 1 aliphatic heterocycles. The number of piperidine rings is 1. The fourth-order valence-electron chi connectivity index (χ4n) is 3.49. The highest BCUT2D eigenvalue weighted by molar-refractivity contribution is 5.88. The number of hydrogen-bond donors (Lipinski definition) is 2. The smallest absolute Gasteiger partial charge is 0.292 e. The van der Waals surface area contributed by atoms with Crippen molar-refractivity contribution in [2.75, 3.05) is 18.0 Å². The van der Waals surface area contributed by atoms with Crippen molar-refractivity contribution in [1.82, 2.24) is 5.32 Å². The Hall–Kier alpha value is -3.42. The van der Waals surface area contributed by atoms with Crippen LogP contribution in [0.1, 0.15) is 24.4 Å². The number of carbonyl (C=O) groups is 2. The van der Waals surface area contributed by atoms with Gasteiger partial charge in [-0.25, -0.2) is 0 Å². The number of carbonyl (C=O) groups excluding carboxylic acids is 2. The van der Waals surface area contributed by atoms with Crippen LogP contribution < -0.4 is 16.0 Å². The number of amides is 2. The third-order valence-corrected chi connectivity index (χ3v) is 4.99. The quantitative estimate of drug-likeness (QED) is 0.586. The largest absolute Gasteiger partial charge is 0.368 e. The number of nitrogens with one attached hydrogen (secondary N) is 1. The van der Waals surface area contributed by atoms with Gasteiger partial charge in [-0.05, 0) is 24.5 Å². The number of primary amides is 1. The molecular weight excluding hydrogens is 360 g/mol. The maximum Gasteiger partial charge on any atom is 0.292 e. The Bertz CT molecular complexity index is 864. The van der Waals surface area contributed by atoms with Crippen molar-refractivity contribution in [2.45, 2.75) is 18.9 Å². The summed E-state index contributed by atoms with van der Waals surface area (Å²) in [4.78, 5) is 37.2. The molecule has 3 rings (SSSR count). The van der Waals surface area contributed by atoms with Gasteiger partial charge in [0.2, 0.25) is 11.8 Å². The van der Waals surface area contributed by atoms with Crippen molar-refractivity contribution >= 4 is 23.2 Å². The number of nitrogens with zero attached hydrogens (tertiary/aromatic N) is 2. The van der Waals surface area contributed by atoms with Crippen molar-refractivity contribution < 1.29 is 14.5 Å². The van der Waals surface area contributed by atoms with Crippen LogP contribution in [0.15, 0.2) is 54.6 Å². The first-order chi connectivity index (χ1) is 13.5. The Kier molecular flexibility index (Phi) is 5.88. The van der Waals surface area contributed by atoms with E-state index in [2.05, 4.69) is 5.32 Å². The molecule has 0 bridgehead atoms. The Balaban J connectivity index is 1.64. The van der Waals surface area contributed by atoms with E-state index in [9.17, 15) is 19.7 Å². The average Bonchev–Trinajstić information content (AvgIpc) is 2.72. The van der Waals surface area contributed by atoms with Gasteiger partial charge in [-0.1, -0.05) is 42.5 Å². The van der Waals surface area contributed by atoms with E-state index in [0.717, 1.165) is 0 Å². The van der Waals surface area contributed by atoms with Gasteiger partial charge < -0.3 is 16.0 Å². The first-order valence-electron chi connectivity index (χ1n) is 9.10. The first-order valence-corrected chi connectivity index (χ1v) is 9.10. The molecule has 146 valence electrons. The molecule has 1 aliphatic rings. The summed E-state index contributed by atoms with van der Waals surface area (Å²) in [6, 6.07) is 14.6. The second-order valence-electron chi connectivity index (χ2n) is 6.76. The van der Waals surface area contributed by atoms with Crippen LogP contribution in [0.2, 0.25) is 0 Å². The van der Waals surface area contributed by atoms with Crippen LogP contribution in [0.5, 0.6) is 0 Å². The van der Waals surface area contributed by atoms with Crippen LogP contribution in [-0.4, -0.2) is 29.8 Å². The molecule has 1 fully saturated rings. The Morgan fingerprint density at radius 1 is 1.07 bits per heavy atom. The Morgan fingerprint density at radius 2 is 1.68 bits per heavy atom. The molecule has 1 unspecified atom stereocenters. The van der Waals surface area contributed by atoms with Gasteiger partial charge in [-0.2, -0.15) is 0 Å². The van der Waals surface area contributed by atoms with E-state index in [-0.39, 0.29) is 17.5 Å². The molecule has 2 aromatic rings. The van der Waals surface area contributed by atoms with Crippen molar-refractivity contribution in [3.05, 3.63) is 70.3 Å². The molecule has 8 heteroatoms. The molecule has 2 amide bonds. The molecule has 0 aromatic heterocycles. The molecule has 8 nitrogen and oxygen atoms in total. The van der Waals surface area contributed by atoms with Crippen molar-refractivity contribution in [1.29, 1.82) is 0 Å². The molecule has 1 saturated heterocycles. The number of para-hydroxylation sites is 2. The minimum Gasteiger partial charge on any atom is -0.368 e. The highest BCUT2D eigenvalue weighted by Crippen LogP contribution is 2.31. The minimum absolute atomic E-state index is 0.0586. The molecule has 0 radical (unpaired) electrons. The summed E-state index contributed by atoms with van der Waals surface area (Å²) in [5.74, 6) is -1.11. The van der Waals surface area contributed by atoms with Gasteiger partial charge in [-0.3, -0.25) is 19.7 Å². The van der Waals surface area contributed by atoms with Crippen LogP contribution in [0.3, 0.4) is 0 Å². The fraction of sp³-hybridized carbons (Fsp3) is 0.300. The lowest BCUT2D eigenvalue weighted by atomic mass is 9.94. The van der Waals surface area contributed by atoms with Gasteiger partial charge in [0.05, 0.1) is 4.92 Å². The number of benzene rings is 2. The van der Waals surface area contributed by atoms with Crippen molar-refractivity contribution in [3.8, 4) is 0 Å². The number of nitrogens with two attached hydrogens (primary N) is 1. The van der Waals surface area contributed by atoms with Gasteiger partial charge >= 0.3 is 0 Å². The van der Waals surface area contributed by atoms with E-state index in [4.69, 9.17) is 5.73 Å². The third-order valence-electron chi connectivity index (χ3n) is 4.99. The van der Waals surface area contributed by atoms with Crippen molar-refractivity contribution in [3.63, 3.8) is 0 Å². The fourth-order valence-corrected chi connectivity index (χ4v) is 3.49. The zero-order chi connectivity index (χ0) is 20.1. The normalized spacial score (nSPS) is 15.6. The van der Waals surface area contributed by atoms with Gasteiger partial charge in [0.25, 0.3) is 5.69 Å². The molecule has 2 aromatic carbocycles. The molecule has 1 heterocycles. The highest BCUT2D eigenvalue weighted by atomic mass is 16.6. The molecule has 3 N–H and O–H groups in total. The maximum atomic E-state index is 12.7. The standard InChI is InChI=1S/C20H22N4O4/c21-19(25)18(14-6-2-1-3-7-14)22-20(26)15-10-12-23(13-11-15)16-8-4-5-9-17(16)24(27)28/h1-9,15,18H,10-13H2,(H2,21,25)(H,22,26). The summed E-state index contributed by atoms with van der Waals surface area (Å²) in [6.07, 6.45) is 1.08. The van der Waals surface area contributed by atoms with E-state index in [1.165, 1.54) is 6.07 Å². The molecule has 0 saturated carbocycles. The predicted molar refractivity (Wildman–Crippen MR) is 105 cm³/mol. The molecule has 1 atom stereocenters. The number of rotatable bonds is 6. The Morgan fingerprint density at radius 3 is 2.29 bits per heavy atom. The summed E-state index contributed by atoms with van der Waals surface area (Å²) in [6.45, 7) is 1.05. The van der Waals surface area contributed by atoms with Crippen LogP contribution in [0, 0.1) is 16.0 Å². The maximum absolute atomic E-state index is 12.7. The van der Waals surface area contributed by atoms with E-state index >= 15 is 0 Å². The van der Waals surface area contributed by atoms with Crippen LogP contribution in [0.25, 0.3) is 0 Å². The second-order valence-corrected chi connectivity index (χ2v) is 6.76. The van der Waals surface area contributed by atoms with Crippen LogP contribution in [-0.2, 0) is 9.59 Å². The van der Waals surface area contributed by atoms with Crippen LogP contribution >= 0.6 is 0 Å². The number of hydrogen-bond acceptors (Lipinski definition) is 5. The van der Waals surface area contributed by atoms with E-state index in [1.54, 1.807) is 42.5 Å². The number of nitro benzene ring substituents is 1. The summed E-state index contributed by atoms with van der Waals surface area (Å²) < 4.78 is 0. The second kappa shape index (κ2) is 8.51. The molecule has 0 spiro atoms. The van der Waals surface area contributed by atoms with Gasteiger partial charge in [0.15, 0.2) is 0 Å². The van der Waals surface area contributed by atoms with E-state index < -0.39 is 16.9 Å². The minimum atomic E-state index is -0.873. The SMILES string of the molecule is NC(=O)C(NC(=O)C1CCN(c2ccccc2[N+](=O)[O-])CC1)c1ccccc1. The van der Waals surface area contributed by atoms with Gasteiger partial charge in [-0.15, -0.1) is 0 Å². The summed E-state index contributed by atoms with van der Waals surface area (Å²) in [5.41, 5.74) is 6.72. The lowest BCUT2D eigenvalue weighted by molar-refractivity contribution is -0.384. The predicted octanol–water partition coefficient (Wildman–Crippen LogP) is 2.15. The molecule has 0 aliphatic carbocycles. The number of nitro groups is 1. The van der Waals surface area contributed by atoms with Gasteiger partial charge in [0.1, 0.15) is 11.7 Å². The zero-order valence-corrected chi connectivity index (χ0v) is 15.3. The zero-order valence-electron chi connectivity index (χ0n) is 15.3. The van der Waals surface area contributed by atoms with Crippen molar-refractivity contribution in [2.24, 2.45) is 11.7 Å². The molecular formula is C20H22N4O4. The lowest BCUT2D eigenvalue weighted by Crippen LogP contribution is -2.44. The monoisotopic (exact) mass is 382 g/mol. The summed E-state index contributed by atoms with van der Waals surface area (Å²) >= 11 is 0. The van der Waals surface area contributed by atoms with Gasteiger partial charge in [0, 0.05) is 25.1 Å². The summed E-state index contributed by atoms with van der Waals surface area (Å²) in [5, 5.41) is 14.0. The Labute approximate surface area is 162 Å². The average molecular weight is 382 g/mol. The lowest BCUT2D eigenvalue weighted by Gasteiger charge is -2.33. The third kappa shape index (κ3) is 4.28. The summed E-state index contributed by atoms with van der Waals surface area (Å²) in [7, 11) is 0. The molecule has 28 heavy (non-hydrogen) atoms. The van der Waals surface area contributed by atoms with E-state index in [0.29, 0.717) is 37.2 Å². The topological polar surface area (TPSA) is 119 Å². The van der Waals surface area contributed by atoms with Crippen LogP contribution in [0.4, 0.5) is 11.4 Å².